The third kappa shape index (κ3) is 9.10. The Kier molecular flexibility index (Phi) is 12.8. The van der Waals surface area contributed by atoms with Crippen LogP contribution in [0.25, 0.3) is 0 Å². The van der Waals surface area contributed by atoms with Gasteiger partial charge in [0.15, 0.2) is 0 Å². The van der Waals surface area contributed by atoms with Crippen molar-refractivity contribution in [1.82, 2.24) is 0 Å². The van der Waals surface area contributed by atoms with Crippen LogP contribution < -0.4 is 0 Å². The fourth-order valence-corrected chi connectivity index (χ4v) is 0. The van der Waals surface area contributed by atoms with Crippen LogP contribution in [0, 0.1) is 0 Å². The third-order valence-electron chi connectivity index (χ3n) is 0.183. The summed E-state index contributed by atoms with van der Waals surface area (Å²) in [7, 11) is 0. The molecule has 0 fully saturated rings. The first-order chi connectivity index (χ1) is 2.64. The number of hydrogen-bond donors (Lipinski definition) is 2. The Morgan fingerprint density at radius 3 is 1.12 bits per heavy atom. The predicted molar refractivity (Wildman–Crippen MR) is 18.9 cm³/mol. The summed E-state index contributed by atoms with van der Waals surface area (Å²) in [5.41, 5.74) is 0. The standard InChI is InChI=1S/C2H2O4.H2O.Ru/c3-1(4)2(5)6;;/h(H,3,4)(H,5,6);1H2;. The Bertz CT molecular complexity index is 76.4. The molecule has 0 rings (SSSR count). The van der Waals surface area contributed by atoms with Gasteiger partial charge in [0, 0.05) is 19.5 Å². The number of carboxylic acid groups (broad SMARTS) is 2. The van der Waals surface area contributed by atoms with E-state index in [9.17, 15) is 0 Å². The van der Waals surface area contributed by atoms with E-state index in [4.69, 9.17) is 19.8 Å². The van der Waals surface area contributed by atoms with Gasteiger partial charge in [-0.2, -0.15) is 0 Å². The van der Waals surface area contributed by atoms with E-state index in [2.05, 4.69) is 0 Å². The molecule has 8 heavy (non-hydrogen) atoms. The zero-order chi connectivity index (χ0) is 5.15. The van der Waals surface area contributed by atoms with Crippen molar-refractivity contribution in [3.63, 3.8) is 0 Å². The van der Waals surface area contributed by atoms with Gasteiger partial charge in [0.05, 0.1) is 0 Å². The van der Waals surface area contributed by atoms with Gasteiger partial charge in [0.1, 0.15) is 0 Å². The van der Waals surface area contributed by atoms with Crippen LogP contribution in [-0.2, 0) is 29.1 Å². The number of carboxylic acids is 2. The Morgan fingerprint density at radius 1 is 1.00 bits per heavy atom. The maximum absolute atomic E-state index is 9.10. The molecule has 0 aromatic heterocycles. The molecule has 0 saturated carbocycles. The second-order valence-electron chi connectivity index (χ2n) is 0.610. The summed E-state index contributed by atoms with van der Waals surface area (Å²) >= 11 is 0. The minimum absolute atomic E-state index is 0. The molecule has 0 spiro atoms. The van der Waals surface area contributed by atoms with Gasteiger partial charge in [-0.05, 0) is 0 Å². The van der Waals surface area contributed by atoms with Crippen molar-refractivity contribution in [1.29, 1.82) is 0 Å². The molecule has 50 valence electrons. The smallest absolute Gasteiger partial charge is 0.414 e. The van der Waals surface area contributed by atoms with Crippen LogP contribution in [0.1, 0.15) is 0 Å². The molecule has 0 aliphatic heterocycles. The summed E-state index contributed by atoms with van der Waals surface area (Å²) in [5, 5.41) is 14.8. The Labute approximate surface area is 57.4 Å². The predicted octanol–water partition coefficient (Wildman–Crippen LogP) is -1.67. The number of rotatable bonds is 0. The van der Waals surface area contributed by atoms with Crippen LogP contribution >= 0.6 is 0 Å². The fourth-order valence-electron chi connectivity index (χ4n) is 0. The van der Waals surface area contributed by atoms with Crippen molar-refractivity contribution < 1.29 is 44.8 Å². The van der Waals surface area contributed by atoms with Crippen molar-refractivity contribution in [3.05, 3.63) is 0 Å². The van der Waals surface area contributed by atoms with Gasteiger partial charge < -0.3 is 15.7 Å². The summed E-state index contributed by atoms with van der Waals surface area (Å²) < 4.78 is 0. The van der Waals surface area contributed by atoms with E-state index in [-0.39, 0.29) is 25.0 Å². The third-order valence-corrected chi connectivity index (χ3v) is 0.183. The molecule has 0 aromatic carbocycles. The monoisotopic (exact) mass is 210 g/mol. The summed E-state index contributed by atoms with van der Waals surface area (Å²) in [4.78, 5) is 18.2. The van der Waals surface area contributed by atoms with E-state index in [0.29, 0.717) is 0 Å². The Hall–Kier alpha value is -0.477. The summed E-state index contributed by atoms with van der Waals surface area (Å²) in [6.07, 6.45) is 0. The van der Waals surface area contributed by atoms with Crippen LogP contribution in [0.15, 0.2) is 0 Å². The molecule has 4 N–H and O–H groups in total. The zero-order valence-electron chi connectivity index (χ0n) is 3.56. The van der Waals surface area contributed by atoms with Gasteiger partial charge in [-0.3, -0.25) is 0 Å². The minimum atomic E-state index is -1.82. The number of hydrogen-bond acceptors (Lipinski definition) is 2. The molecule has 0 aromatic rings. The SMILES string of the molecule is O.O=C(O)C(=O)O.[Ru]. The van der Waals surface area contributed by atoms with E-state index in [1.165, 1.54) is 0 Å². The summed E-state index contributed by atoms with van der Waals surface area (Å²) in [6.45, 7) is 0. The van der Waals surface area contributed by atoms with E-state index in [0.717, 1.165) is 0 Å². The van der Waals surface area contributed by atoms with Crippen molar-refractivity contribution in [3.8, 4) is 0 Å². The van der Waals surface area contributed by atoms with Crippen LogP contribution in [0.2, 0.25) is 0 Å². The molecule has 0 aliphatic rings. The Morgan fingerprint density at radius 2 is 1.12 bits per heavy atom. The largest absolute Gasteiger partial charge is 0.473 e. The molecule has 0 amide bonds. The van der Waals surface area contributed by atoms with Crippen molar-refractivity contribution >= 4 is 11.9 Å². The van der Waals surface area contributed by atoms with Crippen LogP contribution in [-0.4, -0.2) is 27.6 Å². The quantitative estimate of drug-likeness (QED) is 0.367. The van der Waals surface area contributed by atoms with Crippen molar-refractivity contribution in [2.24, 2.45) is 0 Å². The number of aliphatic carboxylic acids is 2. The first kappa shape index (κ1) is 15.6. The molecular formula is C2H4O5Ru. The topological polar surface area (TPSA) is 106 Å². The molecule has 0 radical (unpaired) electrons. The van der Waals surface area contributed by atoms with E-state index < -0.39 is 11.9 Å². The van der Waals surface area contributed by atoms with Crippen LogP contribution in [0.5, 0.6) is 0 Å². The zero-order valence-corrected chi connectivity index (χ0v) is 5.30. The fraction of sp³-hybridized carbons (Fsp3) is 0. The summed E-state index contributed by atoms with van der Waals surface area (Å²) in [5.74, 6) is -3.65. The maximum atomic E-state index is 9.10. The molecule has 6 heteroatoms. The maximum Gasteiger partial charge on any atom is 0.414 e. The van der Waals surface area contributed by atoms with Crippen LogP contribution in [0.3, 0.4) is 0 Å². The van der Waals surface area contributed by atoms with Crippen LogP contribution in [0.4, 0.5) is 0 Å². The first-order valence-corrected chi connectivity index (χ1v) is 1.11. The minimum Gasteiger partial charge on any atom is -0.473 e. The van der Waals surface area contributed by atoms with Gasteiger partial charge in [0.25, 0.3) is 0 Å². The van der Waals surface area contributed by atoms with Gasteiger partial charge in [-0.15, -0.1) is 0 Å². The first-order valence-electron chi connectivity index (χ1n) is 1.11. The van der Waals surface area contributed by atoms with Crippen molar-refractivity contribution in [2.45, 2.75) is 0 Å². The second-order valence-corrected chi connectivity index (χ2v) is 0.610. The molecule has 0 atom stereocenters. The molecule has 0 heterocycles. The van der Waals surface area contributed by atoms with Gasteiger partial charge in [0.2, 0.25) is 0 Å². The molecule has 0 unspecified atom stereocenters. The molecule has 0 bridgehead atoms. The number of carbonyl (C=O) groups is 2. The second kappa shape index (κ2) is 6.52. The van der Waals surface area contributed by atoms with Crippen molar-refractivity contribution in [2.75, 3.05) is 0 Å². The molecule has 0 saturated heterocycles. The Balaban J connectivity index is -0.000000125. The molecular weight excluding hydrogens is 205 g/mol. The average Bonchev–Trinajstić information content (AvgIpc) is 1.36. The van der Waals surface area contributed by atoms with E-state index in [1.807, 2.05) is 0 Å². The molecule has 5 nitrogen and oxygen atoms in total. The average molecular weight is 209 g/mol. The van der Waals surface area contributed by atoms with Gasteiger partial charge in [-0.1, -0.05) is 0 Å². The van der Waals surface area contributed by atoms with E-state index in [1.54, 1.807) is 0 Å². The normalized spacial score (nSPS) is 5.50. The van der Waals surface area contributed by atoms with Gasteiger partial charge >= 0.3 is 11.9 Å². The van der Waals surface area contributed by atoms with E-state index >= 15 is 0 Å². The summed E-state index contributed by atoms with van der Waals surface area (Å²) in [6, 6.07) is 0. The van der Waals surface area contributed by atoms with Gasteiger partial charge in [-0.25, -0.2) is 9.59 Å². The molecule has 0 aliphatic carbocycles.